The number of phenolic OH excluding ortho intramolecular Hbond substituents is 1. The lowest BCUT2D eigenvalue weighted by Crippen LogP contribution is -2.18. The number of hydrogen-bond acceptors (Lipinski definition) is 6. The maximum atomic E-state index is 11.2. The summed E-state index contributed by atoms with van der Waals surface area (Å²) in [6.07, 6.45) is -3.00. The van der Waals surface area contributed by atoms with Gasteiger partial charge in [-0.3, -0.25) is 4.55 Å². The third kappa shape index (κ3) is 12.4. The molecule has 0 aliphatic rings. The highest BCUT2D eigenvalue weighted by Gasteiger charge is 2.36. The molecule has 0 unspecified atom stereocenters. The predicted molar refractivity (Wildman–Crippen MR) is 121 cm³/mol. The number of fused-ring (bicyclic) bond motifs is 1. The van der Waals surface area contributed by atoms with E-state index in [1.54, 1.807) is 12.1 Å². The molecule has 2 aromatic rings. The minimum atomic E-state index is -4.81. The summed E-state index contributed by atoms with van der Waals surface area (Å²) in [5.41, 5.74) is -0.467. The number of carboxylic acids is 1. The first-order valence-corrected chi connectivity index (χ1v) is 10.7. The van der Waals surface area contributed by atoms with Gasteiger partial charge < -0.3 is 14.9 Å². The van der Waals surface area contributed by atoms with E-state index in [0.29, 0.717) is 5.75 Å². The van der Waals surface area contributed by atoms with Crippen molar-refractivity contribution < 1.29 is 50.7 Å². The van der Waals surface area contributed by atoms with Gasteiger partial charge >= 0.3 is 18.1 Å². The fraction of sp³-hybridized carbons (Fsp3) is 0.182. The zero-order chi connectivity index (χ0) is 26.7. The zero-order valence-electron chi connectivity index (χ0n) is 18.0. The second-order valence-electron chi connectivity index (χ2n) is 6.48. The van der Waals surface area contributed by atoms with Crippen molar-refractivity contribution in [1.29, 1.82) is 0 Å². The second kappa shape index (κ2) is 13.2. The number of alkyl halides is 3. The van der Waals surface area contributed by atoms with Gasteiger partial charge in [0.05, 0.1) is 0 Å². The lowest BCUT2D eigenvalue weighted by molar-refractivity contribution is -0.144. The second-order valence-corrected chi connectivity index (χ2v) is 8.05. The van der Waals surface area contributed by atoms with Gasteiger partial charge in [0, 0.05) is 5.57 Å². The van der Waals surface area contributed by atoms with Crippen molar-refractivity contribution in [3.8, 4) is 5.75 Å². The summed E-state index contributed by atoms with van der Waals surface area (Å²) in [7, 11) is -4.05. The fourth-order valence-corrected chi connectivity index (χ4v) is 2.16. The molecule has 0 fully saturated rings. The monoisotopic (exact) mass is 504 g/mol. The van der Waals surface area contributed by atoms with Crippen molar-refractivity contribution in [2.24, 2.45) is 0 Å². The molecular weight excluding hydrogens is 481 g/mol. The van der Waals surface area contributed by atoms with Crippen LogP contribution < -0.4 is 0 Å². The van der Waals surface area contributed by atoms with Gasteiger partial charge in [-0.25, -0.2) is 9.59 Å². The molecule has 0 bridgehead atoms. The molecule has 0 radical (unpaired) electrons. The molecule has 0 aromatic heterocycles. The van der Waals surface area contributed by atoms with Gasteiger partial charge in [-0.15, -0.1) is 0 Å². The third-order valence-electron chi connectivity index (χ3n) is 3.61. The minimum Gasteiger partial charge on any atom is -0.508 e. The Morgan fingerprint density at radius 1 is 1.09 bits per heavy atom. The highest BCUT2D eigenvalue weighted by atomic mass is 32.2. The first kappa shape index (κ1) is 30.4. The van der Waals surface area contributed by atoms with Gasteiger partial charge in [-0.2, -0.15) is 21.6 Å². The van der Waals surface area contributed by atoms with Crippen molar-refractivity contribution >= 4 is 38.9 Å². The number of phenols is 1. The molecule has 0 aliphatic heterocycles. The molecule has 0 saturated heterocycles. The molecule has 2 rings (SSSR count). The van der Waals surface area contributed by atoms with E-state index in [9.17, 15) is 36.3 Å². The largest absolute Gasteiger partial charge is 0.508 e. The number of carboxylic acid groups (broad SMARTS) is 1. The van der Waals surface area contributed by atoms with E-state index in [0.717, 1.165) is 16.3 Å². The van der Waals surface area contributed by atoms with Crippen LogP contribution >= 0.6 is 0 Å². The summed E-state index contributed by atoms with van der Waals surface area (Å²) < 4.78 is 66.5. The Balaban J connectivity index is 0.000000491. The molecule has 3 N–H and O–H groups in total. The van der Waals surface area contributed by atoms with Crippen LogP contribution in [0.3, 0.4) is 0 Å². The molecular formula is C22H23F3O8S. The van der Waals surface area contributed by atoms with Crippen LogP contribution in [-0.4, -0.2) is 53.7 Å². The van der Waals surface area contributed by atoms with Crippen LogP contribution in [0.5, 0.6) is 5.75 Å². The molecule has 8 nitrogen and oxygen atoms in total. The number of rotatable bonds is 6. The Kier molecular flexibility index (Phi) is 11.8. The van der Waals surface area contributed by atoms with Crippen LogP contribution in [0.2, 0.25) is 0 Å². The Morgan fingerprint density at radius 3 is 2.03 bits per heavy atom. The van der Waals surface area contributed by atoms with Crippen LogP contribution in [0.25, 0.3) is 16.8 Å². The van der Waals surface area contributed by atoms with Gasteiger partial charge in [0.1, 0.15) is 23.7 Å². The number of aromatic hydroxyl groups is 1. The zero-order valence-corrected chi connectivity index (χ0v) is 18.8. The van der Waals surface area contributed by atoms with E-state index in [4.69, 9.17) is 9.66 Å². The quantitative estimate of drug-likeness (QED) is 0.300. The van der Waals surface area contributed by atoms with Gasteiger partial charge in [-0.1, -0.05) is 44.0 Å². The number of carbonyl (C=O) groups excluding carboxylic acids is 1. The maximum Gasteiger partial charge on any atom is 0.422 e. The average Bonchev–Trinajstić information content (AvgIpc) is 2.71. The lowest BCUT2D eigenvalue weighted by atomic mass is 10.1. The fourth-order valence-electron chi connectivity index (χ4n) is 1.86. The summed E-state index contributed by atoms with van der Waals surface area (Å²) in [4.78, 5) is 20.2. The van der Waals surface area contributed by atoms with Crippen LogP contribution in [0, 0.1) is 0 Å². The average molecular weight is 504 g/mol. The van der Waals surface area contributed by atoms with Crippen LogP contribution in [-0.2, 0) is 24.4 Å². The highest BCUT2D eigenvalue weighted by molar-refractivity contribution is 7.85. The summed E-state index contributed by atoms with van der Waals surface area (Å²) in [5.74, 6) is -2.99. The number of aliphatic carboxylic acids is 1. The number of halogens is 3. The number of carbonyl (C=O) groups is 2. The number of benzene rings is 2. The lowest BCUT2D eigenvalue weighted by Gasteiger charge is -2.02. The van der Waals surface area contributed by atoms with E-state index >= 15 is 0 Å². The van der Waals surface area contributed by atoms with Gasteiger partial charge in [0.15, 0.2) is 0 Å². The molecule has 0 saturated carbocycles. The predicted octanol–water partition coefficient (Wildman–Crippen LogP) is 4.37. The van der Waals surface area contributed by atoms with Crippen molar-refractivity contribution in [3.05, 3.63) is 72.8 Å². The molecule has 186 valence electrons. The Morgan fingerprint density at radius 2 is 1.62 bits per heavy atom. The van der Waals surface area contributed by atoms with Crippen LogP contribution in [0.1, 0.15) is 12.5 Å². The number of ether oxygens (including phenoxy) is 1. The van der Waals surface area contributed by atoms with E-state index in [2.05, 4.69) is 24.5 Å². The van der Waals surface area contributed by atoms with Crippen molar-refractivity contribution in [2.75, 3.05) is 12.4 Å². The topological polar surface area (TPSA) is 138 Å². The Bertz CT molecular complexity index is 1170. The first-order valence-electron chi connectivity index (χ1n) is 9.10. The van der Waals surface area contributed by atoms with Crippen LogP contribution in [0.15, 0.2) is 67.3 Å². The Labute approximate surface area is 194 Å². The molecule has 34 heavy (non-hydrogen) atoms. The normalized spacial score (nSPS) is 10.6. The summed E-state index contributed by atoms with van der Waals surface area (Å²) >= 11 is 0. The molecule has 0 amide bonds. The first-order chi connectivity index (χ1) is 15.5. The van der Waals surface area contributed by atoms with Gasteiger partial charge in [0.25, 0.3) is 10.1 Å². The van der Waals surface area contributed by atoms with Gasteiger partial charge in [0.2, 0.25) is 0 Å². The summed E-state index contributed by atoms with van der Waals surface area (Å²) in [5, 5.41) is 19.1. The minimum absolute atomic E-state index is 0.185. The third-order valence-corrected chi connectivity index (χ3v) is 4.29. The molecule has 0 heterocycles. The molecule has 0 aliphatic carbocycles. The van der Waals surface area contributed by atoms with Gasteiger partial charge in [-0.05, 0) is 41.5 Å². The molecule has 0 atom stereocenters. The van der Waals surface area contributed by atoms with Crippen LogP contribution in [0.4, 0.5) is 13.2 Å². The van der Waals surface area contributed by atoms with Crippen molar-refractivity contribution in [2.45, 2.75) is 13.1 Å². The number of hydrogen-bond donors (Lipinski definition) is 3. The maximum absolute atomic E-state index is 11.2. The standard InChI is InChI=1S/C12H10O.C6H10O5S.C4H3F3O2/c1-2-9-3-4-11-8-12(13)6-5-10(11)7-9;1-5(2)6(7)11-3-4-12(8,9)10;1-2(3(8)9)4(5,6)7/h2-8,13H,1H2;1,3-4H2,2H3,(H,8,9,10);1H2,(H,8,9). The van der Waals surface area contributed by atoms with E-state index < -0.39 is 39.6 Å². The van der Waals surface area contributed by atoms with E-state index in [1.807, 2.05) is 30.3 Å². The molecule has 2 aromatic carbocycles. The van der Waals surface area contributed by atoms with E-state index in [1.165, 1.54) is 6.92 Å². The number of esters is 1. The Hall–Kier alpha value is -3.64. The summed E-state index contributed by atoms with van der Waals surface area (Å²) in [6, 6.07) is 11.3. The SMILES string of the molecule is C=C(C(=O)O)C(F)(F)F.C=C(C)C(=O)OCCS(=O)(=O)O.C=Cc1ccc2cc(O)ccc2c1. The van der Waals surface area contributed by atoms with E-state index in [-0.39, 0.29) is 12.2 Å². The van der Waals surface area contributed by atoms with Crippen molar-refractivity contribution in [3.63, 3.8) is 0 Å². The van der Waals surface area contributed by atoms with Crippen molar-refractivity contribution in [1.82, 2.24) is 0 Å². The summed E-state index contributed by atoms with van der Waals surface area (Å²) in [6.45, 7) is 10.4. The molecule has 12 heteroatoms. The highest BCUT2D eigenvalue weighted by Crippen LogP contribution is 2.23. The molecule has 0 spiro atoms. The smallest absolute Gasteiger partial charge is 0.422 e.